The largest absolute Gasteiger partial charge is 0.326 e. The molecule has 0 aromatic carbocycles. The molecule has 2 nitrogen and oxygen atoms in total. The summed E-state index contributed by atoms with van der Waals surface area (Å²) in [6.07, 6.45) is 19.7. The molecule has 0 aliphatic heterocycles. The fourth-order valence-corrected chi connectivity index (χ4v) is 4.48. The van der Waals surface area contributed by atoms with E-state index >= 15 is 0 Å². The van der Waals surface area contributed by atoms with Crippen LogP contribution in [0.25, 0.3) is 0 Å². The number of likely N-dealkylation sites (N-methyl/N-ethyl adjacent to an activating group) is 1. The van der Waals surface area contributed by atoms with Gasteiger partial charge in [-0.2, -0.15) is 0 Å². The van der Waals surface area contributed by atoms with E-state index in [9.17, 15) is 0 Å². The lowest BCUT2D eigenvalue weighted by molar-refractivity contribution is 0.163. The van der Waals surface area contributed by atoms with Gasteiger partial charge in [-0.25, -0.2) is 0 Å². The summed E-state index contributed by atoms with van der Waals surface area (Å²) < 4.78 is 0. The normalized spacial score (nSPS) is 31.0. The van der Waals surface area contributed by atoms with Gasteiger partial charge in [0.05, 0.1) is 0 Å². The Balaban J connectivity index is 1.83. The van der Waals surface area contributed by atoms with Gasteiger partial charge in [0.15, 0.2) is 0 Å². The van der Waals surface area contributed by atoms with E-state index in [0.717, 1.165) is 5.92 Å². The van der Waals surface area contributed by atoms with Crippen LogP contribution in [0.1, 0.15) is 89.9 Å². The first-order valence-corrected chi connectivity index (χ1v) is 9.73. The van der Waals surface area contributed by atoms with Crippen molar-refractivity contribution in [3.05, 3.63) is 0 Å². The number of rotatable bonds is 3. The smallest absolute Gasteiger partial charge is 0.0244 e. The van der Waals surface area contributed by atoms with Crippen molar-refractivity contribution < 1.29 is 0 Å². The molecule has 124 valence electrons. The number of nitrogens with zero attached hydrogens (tertiary/aromatic N) is 1. The summed E-state index contributed by atoms with van der Waals surface area (Å²) in [4.78, 5) is 2.63. The minimum absolute atomic E-state index is 0.399. The average molecular weight is 295 g/mol. The molecule has 21 heavy (non-hydrogen) atoms. The molecule has 0 aromatic rings. The molecule has 0 amide bonds. The fraction of sp³-hybridized carbons (Fsp3) is 1.00. The molecule has 2 atom stereocenters. The second kappa shape index (κ2) is 9.84. The first-order valence-electron chi connectivity index (χ1n) is 9.73. The summed E-state index contributed by atoms with van der Waals surface area (Å²) in [5.41, 5.74) is 6.59. The first-order chi connectivity index (χ1) is 10.3. The Hall–Kier alpha value is -0.0800. The van der Waals surface area contributed by atoms with Crippen molar-refractivity contribution in [2.75, 3.05) is 13.6 Å². The third-order valence-corrected chi connectivity index (χ3v) is 5.87. The Kier molecular flexibility index (Phi) is 8.10. The zero-order valence-electron chi connectivity index (χ0n) is 14.4. The molecule has 2 N–H and O–H groups in total. The van der Waals surface area contributed by atoms with Gasteiger partial charge in [0.2, 0.25) is 0 Å². The van der Waals surface area contributed by atoms with Crippen molar-refractivity contribution >= 4 is 0 Å². The Morgan fingerprint density at radius 3 is 1.81 bits per heavy atom. The van der Waals surface area contributed by atoms with Crippen LogP contribution in [0.2, 0.25) is 0 Å². The standard InChI is InChI=1S/C19H38N2/c1-21(16-17-12-10-11-13-17)19-15-9-7-5-3-2-4-6-8-14-18(19)20/h17-19H,2-16,20H2,1H3. The summed E-state index contributed by atoms with van der Waals surface area (Å²) in [5.74, 6) is 0.948. The molecule has 2 unspecified atom stereocenters. The van der Waals surface area contributed by atoms with E-state index in [0.29, 0.717) is 12.1 Å². The second-order valence-electron chi connectivity index (χ2n) is 7.73. The van der Waals surface area contributed by atoms with Crippen LogP contribution in [0.4, 0.5) is 0 Å². The van der Waals surface area contributed by atoms with Crippen LogP contribution in [-0.2, 0) is 0 Å². The van der Waals surface area contributed by atoms with E-state index in [1.807, 2.05) is 0 Å². The highest BCUT2D eigenvalue weighted by atomic mass is 15.1. The van der Waals surface area contributed by atoms with Crippen LogP contribution in [0.5, 0.6) is 0 Å². The molecule has 0 aromatic heterocycles. The summed E-state index contributed by atoms with van der Waals surface area (Å²) in [7, 11) is 2.34. The molecule has 2 fully saturated rings. The van der Waals surface area contributed by atoms with E-state index in [2.05, 4.69) is 11.9 Å². The van der Waals surface area contributed by atoms with Crippen molar-refractivity contribution in [1.82, 2.24) is 4.90 Å². The number of nitrogens with two attached hydrogens (primary N) is 1. The maximum atomic E-state index is 6.59. The molecule has 2 rings (SSSR count). The molecule has 0 radical (unpaired) electrons. The average Bonchev–Trinajstić information content (AvgIpc) is 2.95. The Bertz CT molecular complexity index is 260. The minimum atomic E-state index is 0.399. The van der Waals surface area contributed by atoms with Crippen molar-refractivity contribution in [2.24, 2.45) is 11.7 Å². The fourth-order valence-electron chi connectivity index (χ4n) is 4.48. The highest BCUT2D eigenvalue weighted by Gasteiger charge is 2.25. The van der Waals surface area contributed by atoms with E-state index in [4.69, 9.17) is 5.73 Å². The second-order valence-corrected chi connectivity index (χ2v) is 7.73. The summed E-state index contributed by atoms with van der Waals surface area (Å²) >= 11 is 0. The molecule has 0 bridgehead atoms. The first kappa shape index (κ1) is 17.3. The molecular formula is C19H38N2. The Labute approximate surface area is 132 Å². The Morgan fingerprint density at radius 2 is 1.19 bits per heavy atom. The van der Waals surface area contributed by atoms with Gasteiger partial charge in [-0.15, -0.1) is 0 Å². The maximum absolute atomic E-state index is 6.59. The lowest BCUT2D eigenvalue weighted by Gasteiger charge is -2.35. The lowest BCUT2D eigenvalue weighted by atomic mass is 9.93. The van der Waals surface area contributed by atoms with Gasteiger partial charge in [0.25, 0.3) is 0 Å². The predicted octanol–water partition coefficient (Wildman–Crippen LogP) is 4.72. The molecule has 0 saturated heterocycles. The lowest BCUT2D eigenvalue weighted by Crippen LogP contribution is -2.47. The molecular weight excluding hydrogens is 256 g/mol. The van der Waals surface area contributed by atoms with E-state index in [1.165, 1.54) is 96.4 Å². The molecule has 0 heterocycles. The van der Waals surface area contributed by atoms with Crippen molar-refractivity contribution in [1.29, 1.82) is 0 Å². The number of hydrogen-bond acceptors (Lipinski definition) is 2. The topological polar surface area (TPSA) is 29.3 Å². The quantitative estimate of drug-likeness (QED) is 0.816. The third kappa shape index (κ3) is 6.28. The highest BCUT2D eigenvalue weighted by Crippen LogP contribution is 2.27. The van der Waals surface area contributed by atoms with Gasteiger partial charge in [-0.3, -0.25) is 0 Å². The van der Waals surface area contributed by atoms with Crippen molar-refractivity contribution in [2.45, 2.75) is 102 Å². The predicted molar refractivity (Wildman–Crippen MR) is 92.5 cm³/mol. The van der Waals surface area contributed by atoms with Crippen LogP contribution in [0.3, 0.4) is 0 Å². The van der Waals surface area contributed by atoms with Crippen LogP contribution >= 0.6 is 0 Å². The minimum Gasteiger partial charge on any atom is -0.326 e. The van der Waals surface area contributed by atoms with Crippen molar-refractivity contribution in [3.63, 3.8) is 0 Å². The Morgan fingerprint density at radius 1 is 0.714 bits per heavy atom. The highest BCUT2D eigenvalue weighted by molar-refractivity contribution is 4.83. The van der Waals surface area contributed by atoms with Gasteiger partial charge in [-0.05, 0) is 38.6 Å². The molecule has 0 spiro atoms. The zero-order valence-corrected chi connectivity index (χ0v) is 14.4. The zero-order chi connectivity index (χ0) is 14.9. The summed E-state index contributed by atoms with van der Waals surface area (Å²) in [6, 6.07) is 1.03. The van der Waals surface area contributed by atoms with Crippen LogP contribution < -0.4 is 5.73 Å². The summed E-state index contributed by atoms with van der Waals surface area (Å²) in [6.45, 7) is 1.29. The van der Waals surface area contributed by atoms with Crippen LogP contribution in [0, 0.1) is 5.92 Å². The van der Waals surface area contributed by atoms with Crippen LogP contribution in [0.15, 0.2) is 0 Å². The van der Waals surface area contributed by atoms with Crippen LogP contribution in [-0.4, -0.2) is 30.6 Å². The van der Waals surface area contributed by atoms with Gasteiger partial charge in [-0.1, -0.05) is 64.2 Å². The van der Waals surface area contributed by atoms with E-state index in [1.54, 1.807) is 0 Å². The van der Waals surface area contributed by atoms with Gasteiger partial charge in [0.1, 0.15) is 0 Å². The van der Waals surface area contributed by atoms with E-state index < -0.39 is 0 Å². The SMILES string of the molecule is CN(CC1CCCC1)C1CCCCCCCCCCC1N. The van der Waals surface area contributed by atoms with Gasteiger partial charge >= 0.3 is 0 Å². The molecule has 2 heteroatoms. The maximum Gasteiger partial charge on any atom is 0.0244 e. The summed E-state index contributed by atoms with van der Waals surface area (Å²) in [5, 5.41) is 0. The van der Waals surface area contributed by atoms with E-state index in [-0.39, 0.29) is 0 Å². The number of hydrogen-bond donors (Lipinski definition) is 1. The van der Waals surface area contributed by atoms with Crippen molar-refractivity contribution in [3.8, 4) is 0 Å². The van der Waals surface area contributed by atoms with Gasteiger partial charge in [0, 0.05) is 18.6 Å². The molecule has 2 saturated carbocycles. The molecule has 2 aliphatic rings. The monoisotopic (exact) mass is 294 g/mol. The van der Waals surface area contributed by atoms with Gasteiger partial charge < -0.3 is 10.6 Å². The third-order valence-electron chi connectivity index (χ3n) is 5.87. The molecule has 2 aliphatic carbocycles.